The second-order valence-electron chi connectivity index (χ2n) is 5.54. The molecule has 0 spiro atoms. The molecule has 1 aliphatic heterocycles. The molecule has 1 aromatic carbocycles. The summed E-state index contributed by atoms with van der Waals surface area (Å²) in [5.41, 5.74) is 0.995. The van der Waals surface area contributed by atoms with E-state index in [1.54, 1.807) is 30.3 Å². The molecular weight excluding hydrogens is 336 g/mol. The van der Waals surface area contributed by atoms with Crippen molar-refractivity contribution in [2.75, 3.05) is 0 Å². The Kier molecular flexibility index (Phi) is 4.25. The number of rotatable bonds is 3. The molecule has 1 aliphatic rings. The van der Waals surface area contributed by atoms with Crippen LogP contribution in [-0.4, -0.2) is 22.9 Å². The molecule has 0 atom stereocenters. The van der Waals surface area contributed by atoms with Crippen molar-refractivity contribution >= 4 is 23.9 Å². The molecule has 7 heteroatoms. The zero-order valence-electron chi connectivity index (χ0n) is 13.6. The summed E-state index contributed by atoms with van der Waals surface area (Å²) >= 11 is 0. The van der Waals surface area contributed by atoms with Crippen molar-refractivity contribution < 1.29 is 23.9 Å². The number of carbonyl (C=O) groups excluding carboxylic acids is 2. The lowest BCUT2D eigenvalue weighted by molar-refractivity contribution is -0.126. The lowest BCUT2D eigenvalue weighted by Crippen LogP contribution is -2.37. The normalized spacial score (nSPS) is 15.8. The number of nitrogens with zero attached hydrogens (tertiary/aromatic N) is 1. The first-order chi connectivity index (χ1) is 12.4. The van der Waals surface area contributed by atoms with Gasteiger partial charge >= 0.3 is 5.97 Å². The standard InChI is InChI=1S/C19H12N2O5/c1-10-14(17(22)21-18(23)15(10)9-20)8-13-5-6-16(26-13)11-3-2-4-12(7-11)19(24)25/h2-8H,1H3,(H,24,25)(H,21,22,23)/b14-8+. The van der Waals surface area contributed by atoms with E-state index in [1.807, 2.05) is 0 Å². The van der Waals surface area contributed by atoms with Crippen LogP contribution in [0.25, 0.3) is 17.4 Å². The Morgan fingerprint density at radius 2 is 2.00 bits per heavy atom. The van der Waals surface area contributed by atoms with E-state index < -0.39 is 17.8 Å². The van der Waals surface area contributed by atoms with Crippen LogP contribution in [0.3, 0.4) is 0 Å². The molecule has 2 heterocycles. The highest BCUT2D eigenvalue weighted by molar-refractivity contribution is 6.19. The fourth-order valence-electron chi connectivity index (χ4n) is 2.55. The summed E-state index contributed by atoms with van der Waals surface area (Å²) in [6, 6.07) is 11.3. The van der Waals surface area contributed by atoms with Gasteiger partial charge in [-0.25, -0.2) is 4.79 Å². The van der Waals surface area contributed by atoms with Crippen molar-refractivity contribution in [3.8, 4) is 17.4 Å². The van der Waals surface area contributed by atoms with E-state index in [1.165, 1.54) is 25.1 Å². The van der Waals surface area contributed by atoms with Crippen molar-refractivity contribution in [3.63, 3.8) is 0 Å². The van der Waals surface area contributed by atoms with Crippen molar-refractivity contribution in [2.45, 2.75) is 6.92 Å². The zero-order chi connectivity index (χ0) is 18.8. The molecule has 128 valence electrons. The topological polar surface area (TPSA) is 120 Å². The largest absolute Gasteiger partial charge is 0.478 e. The molecule has 0 saturated carbocycles. The van der Waals surface area contributed by atoms with Crippen LogP contribution in [0.1, 0.15) is 23.0 Å². The third kappa shape index (κ3) is 3.03. The van der Waals surface area contributed by atoms with Gasteiger partial charge in [-0.15, -0.1) is 0 Å². The molecule has 1 aromatic heterocycles. The summed E-state index contributed by atoms with van der Waals surface area (Å²) in [6.45, 7) is 1.52. The van der Waals surface area contributed by atoms with Gasteiger partial charge < -0.3 is 9.52 Å². The minimum Gasteiger partial charge on any atom is -0.478 e. The predicted molar refractivity (Wildman–Crippen MR) is 90.5 cm³/mol. The van der Waals surface area contributed by atoms with Crippen LogP contribution < -0.4 is 5.32 Å². The van der Waals surface area contributed by atoms with Gasteiger partial charge in [0.1, 0.15) is 23.2 Å². The maximum Gasteiger partial charge on any atom is 0.335 e. The molecule has 2 amide bonds. The number of nitriles is 1. The highest BCUT2D eigenvalue weighted by Crippen LogP contribution is 2.27. The Bertz CT molecular complexity index is 1050. The average molecular weight is 348 g/mol. The molecule has 2 aromatic rings. The molecular formula is C19H12N2O5. The van der Waals surface area contributed by atoms with Crippen LogP contribution in [0, 0.1) is 11.3 Å². The summed E-state index contributed by atoms with van der Waals surface area (Å²) in [5, 5.41) is 20.2. The lowest BCUT2D eigenvalue weighted by Gasteiger charge is -2.15. The second kappa shape index (κ2) is 6.53. The van der Waals surface area contributed by atoms with Gasteiger partial charge in [-0.2, -0.15) is 5.26 Å². The third-order valence-electron chi connectivity index (χ3n) is 3.90. The second-order valence-corrected chi connectivity index (χ2v) is 5.54. The van der Waals surface area contributed by atoms with Gasteiger partial charge in [-0.1, -0.05) is 12.1 Å². The number of hydrogen-bond acceptors (Lipinski definition) is 5. The summed E-state index contributed by atoms with van der Waals surface area (Å²) < 4.78 is 5.66. The van der Waals surface area contributed by atoms with Gasteiger partial charge in [-0.05, 0) is 42.8 Å². The molecule has 0 unspecified atom stereocenters. The van der Waals surface area contributed by atoms with Crippen molar-refractivity contribution in [3.05, 3.63) is 64.4 Å². The van der Waals surface area contributed by atoms with Crippen LogP contribution in [0.2, 0.25) is 0 Å². The molecule has 0 aliphatic carbocycles. The Labute approximate surface area is 147 Å². The summed E-state index contributed by atoms with van der Waals surface area (Å²) in [5.74, 6) is -1.63. The lowest BCUT2D eigenvalue weighted by atomic mass is 9.96. The molecule has 3 rings (SSSR count). The van der Waals surface area contributed by atoms with E-state index in [-0.39, 0.29) is 22.3 Å². The number of nitrogens with one attached hydrogen (secondary N) is 1. The average Bonchev–Trinajstić information content (AvgIpc) is 3.07. The van der Waals surface area contributed by atoms with E-state index in [0.717, 1.165) is 0 Å². The van der Waals surface area contributed by atoms with E-state index in [2.05, 4.69) is 5.32 Å². The number of hydrogen-bond donors (Lipinski definition) is 2. The molecule has 0 saturated heterocycles. The maximum absolute atomic E-state index is 12.0. The highest BCUT2D eigenvalue weighted by atomic mass is 16.4. The number of imide groups is 1. The van der Waals surface area contributed by atoms with Crippen LogP contribution in [0.15, 0.2) is 57.5 Å². The first-order valence-corrected chi connectivity index (χ1v) is 7.53. The number of aromatic carboxylic acids is 1. The maximum atomic E-state index is 12.0. The summed E-state index contributed by atoms with van der Waals surface area (Å²) in [6.07, 6.45) is 1.43. The Balaban J connectivity index is 1.99. The first-order valence-electron chi connectivity index (χ1n) is 7.53. The van der Waals surface area contributed by atoms with Crippen LogP contribution in [0.4, 0.5) is 0 Å². The number of carboxylic acids is 1. The van der Waals surface area contributed by atoms with Crippen LogP contribution in [0.5, 0.6) is 0 Å². The Morgan fingerprint density at radius 1 is 1.23 bits per heavy atom. The van der Waals surface area contributed by atoms with Crippen molar-refractivity contribution in [1.29, 1.82) is 5.26 Å². The molecule has 26 heavy (non-hydrogen) atoms. The van der Waals surface area contributed by atoms with Crippen molar-refractivity contribution in [2.24, 2.45) is 0 Å². The van der Waals surface area contributed by atoms with Crippen LogP contribution >= 0.6 is 0 Å². The number of carboxylic acid groups (broad SMARTS) is 1. The van der Waals surface area contributed by atoms with Crippen LogP contribution in [-0.2, 0) is 9.59 Å². The third-order valence-corrected chi connectivity index (χ3v) is 3.90. The molecule has 0 bridgehead atoms. The highest BCUT2D eigenvalue weighted by Gasteiger charge is 2.27. The summed E-state index contributed by atoms with van der Waals surface area (Å²) in [7, 11) is 0. The minimum absolute atomic E-state index is 0.126. The fraction of sp³-hybridized carbons (Fsp3) is 0.0526. The fourth-order valence-corrected chi connectivity index (χ4v) is 2.55. The van der Waals surface area contributed by atoms with Gasteiger partial charge in [0.15, 0.2) is 0 Å². The Morgan fingerprint density at radius 3 is 2.69 bits per heavy atom. The molecule has 7 nitrogen and oxygen atoms in total. The van der Waals surface area contributed by atoms with Gasteiger partial charge in [0.25, 0.3) is 11.8 Å². The molecule has 0 radical (unpaired) electrons. The molecule has 0 fully saturated rings. The zero-order valence-corrected chi connectivity index (χ0v) is 13.6. The number of furan rings is 1. The number of amides is 2. The number of benzene rings is 1. The predicted octanol–water partition coefficient (Wildman–Crippen LogP) is 2.52. The van der Waals surface area contributed by atoms with E-state index >= 15 is 0 Å². The van der Waals surface area contributed by atoms with E-state index in [4.69, 9.17) is 14.8 Å². The smallest absolute Gasteiger partial charge is 0.335 e. The monoisotopic (exact) mass is 348 g/mol. The van der Waals surface area contributed by atoms with E-state index in [9.17, 15) is 14.4 Å². The van der Waals surface area contributed by atoms with Gasteiger partial charge in [0.05, 0.1) is 5.56 Å². The van der Waals surface area contributed by atoms with Gasteiger partial charge in [0.2, 0.25) is 0 Å². The first kappa shape index (κ1) is 16.9. The number of carbonyl (C=O) groups is 3. The SMILES string of the molecule is CC1=C(C#N)C(=O)NC(=O)/C1=C/c1ccc(-c2cccc(C(=O)O)c2)o1. The quantitative estimate of drug-likeness (QED) is 0.649. The van der Waals surface area contributed by atoms with Crippen molar-refractivity contribution in [1.82, 2.24) is 5.32 Å². The van der Waals surface area contributed by atoms with Gasteiger partial charge in [0, 0.05) is 11.1 Å². The minimum atomic E-state index is -1.05. The Hall–Kier alpha value is -3.92. The van der Waals surface area contributed by atoms with E-state index in [0.29, 0.717) is 17.1 Å². The molecule has 2 N–H and O–H groups in total. The summed E-state index contributed by atoms with van der Waals surface area (Å²) in [4.78, 5) is 34.7. The van der Waals surface area contributed by atoms with Gasteiger partial charge in [-0.3, -0.25) is 14.9 Å².